The van der Waals surface area contributed by atoms with Crippen LogP contribution in [0.1, 0.15) is 63.4 Å². The number of aryl methyl sites for hydroxylation is 1. The van der Waals surface area contributed by atoms with Crippen molar-refractivity contribution in [3.8, 4) is 11.3 Å². The van der Waals surface area contributed by atoms with E-state index in [2.05, 4.69) is 37.5 Å². The van der Waals surface area contributed by atoms with Crippen LogP contribution in [0.2, 0.25) is 0 Å². The number of hydrogen-bond acceptors (Lipinski definition) is 6. The predicted molar refractivity (Wildman–Crippen MR) is 137 cm³/mol. The van der Waals surface area contributed by atoms with Crippen LogP contribution in [-0.4, -0.2) is 37.1 Å². The molecule has 4 aromatic rings. The molecule has 1 aliphatic rings. The number of nitrogens with zero attached hydrogens (tertiary/aromatic N) is 5. The van der Waals surface area contributed by atoms with Gasteiger partial charge >= 0.3 is 0 Å². The van der Waals surface area contributed by atoms with Gasteiger partial charge in [0, 0.05) is 23.8 Å². The van der Waals surface area contributed by atoms with Crippen LogP contribution in [0.3, 0.4) is 0 Å². The highest BCUT2D eigenvalue weighted by atomic mass is 19.1. The predicted octanol–water partition coefficient (Wildman–Crippen LogP) is 6.05. The van der Waals surface area contributed by atoms with Crippen LogP contribution in [-0.2, 0) is 0 Å². The number of hydrogen-bond donors (Lipinski definition) is 2. The van der Waals surface area contributed by atoms with Gasteiger partial charge in [-0.25, -0.2) is 28.7 Å². The number of aromatic nitrogens is 5. The Morgan fingerprint density at radius 2 is 1.86 bits per heavy atom. The van der Waals surface area contributed by atoms with Gasteiger partial charge in [-0.3, -0.25) is 0 Å². The fraction of sp³-hybridized carbons (Fsp3) is 0.407. The maximum atomic E-state index is 14.9. The molecule has 0 aliphatic carbocycles. The Morgan fingerprint density at radius 3 is 2.56 bits per heavy atom. The monoisotopic (exact) mass is 491 g/mol. The Bertz CT molecular complexity index is 1380. The van der Waals surface area contributed by atoms with Gasteiger partial charge in [-0.05, 0) is 69.8 Å². The first-order valence-corrected chi connectivity index (χ1v) is 12.5. The van der Waals surface area contributed by atoms with E-state index in [1.165, 1.54) is 18.9 Å². The molecular formula is C27H31F2N7. The SMILES string of the molecule is Cc1nc2c(F)cc(-c3nc(Nc4ccc([C@H](C)[C@@H]5CCCCN5)cn4)ncc3F)cc2n1C(C)C. The third-order valence-corrected chi connectivity index (χ3v) is 6.96. The number of nitrogens with one attached hydrogen (secondary N) is 2. The zero-order chi connectivity index (χ0) is 25.4. The minimum Gasteiger partial charge on any atom is -0.326 e. The van der Waals surface area contributed by atoms with Crippen molar-refractivity contribution >= 4 is 22.8 Å². The van der Waals surface area contributed by atoms with Gasteiger partial charge in [0.15, 0.2) is 11.6 Å². The van der Waals surface area contributed by atoms with Crippen molar-refractivity contribution < 1.29 is 8.78 Å². The summed E-state index contributed by atoms with van der Waals surface area (Å²) < 4.78 is 31.6. The van der Waals surface area contributed by atoms with Gasteiger partial charge in [-0.2, -0.15) is 0 Å². The second kappa shape index (κ2) is 9.89. The Labute approximate surface area is 209 Å². The van der Waals surface area contributed by atoms with Crippen molar-refractivity contribution in [1.82, 2.24) is 29.8 Å². The highest BCUT2D eigenvalue weighted by Crippen LogP contribution is 2.31. The van der Waals surface area contributed by atoms with E-state index in [9.17, 15) is 8.78 Å². The van der Waals surface area contributed by atoms with Crippen LogP contribution in [0.25, 0.3) is 22.3 Å². The molecule has 36 heavy (non-hydrogen) atoms. The molecule has 1 aromatic carbocycles. The first-order valence-electron chi connectivity index (χ1n) is 12.5. The Hall–Kier alpha value is -3.46. The van der Waals surface area contributed by atoms with Crippen molar-refractivity contribution in [3.05, 3.63) is 59.7 Å². The molecule has 1 fully saturated rings. The average molecular weight is 492 g/mol. The van der Waals surface area contributed by atoms with E-state index in [4.69, 9.17) is 0 Å². The third-order valence-electron chi connectivity index (χ3n) is 6.96. The second-order valence-corrected chi connectivity index (χ2v) is 9.79. The van der Waals surface area contributed by atoms with E-state index in [0.29, 0.717) is 34.7 Å². The van der Waals surface area contributed by atoms with E-state index in [1.54, 1.807) is 6.07 Å². The van der Waals surface area contributed by atoms with Gasteiger partial charge in [0.2, 0.25) is 5.95 Å². The van der Waals surface area contributed by atoms with Gasteiger partial charge in [0.1, 0.15) is 22.9 Å². The van der Waals surface area contributed by atoms with Crippen LogP contribution in [0.4, 0.5) is 20.5 Å². The molecule has 9 heteroatoms. The van der Waals surface area contributed by atoms with Gasteiger partial charge in [0.05, 0.1) is 11.7 Å². The smallest absolute Gasteiger partial charge is 0.229 e. The maximum absolute atomic E-state index is 14.9. The highest BCUT2D eigenvalue weighted by Gasteiger charge is 2.21. The molecular weight excluding hydrogens is 460 g/mol. The zero-order valence-corrected chi connectivity index (χ0v) is 21.0. The number of anilines is 2. The summed E-state index contributed by atoms with van der Waals surface area (Å²) in [5, 5.41) is 6.64. The molecule has 5 rings (SSSR count). The van der Waals surface area contributed by atoms with Crippen LogP contribution < -0.4 is 10.6 Å². The van der Waals surface area contributed by atoms with Crippen LogP contribution >= 0.6 is 0 Å². The summed E-state index contributed by atoms with van der Waals surface area (Å²) in [6.45, 7) is 9.10. The number of halogens is 2. The van der Waals surface area contributed by atoms with Crippen molar-refractivity contribution in [2.75, 3.05) is 11.9 Å². The summed E-state index contributed by atoms with van der Waals surface area (Å²) in [7, 11) is 0. The van der Waals surface area contributed by atoms with Crippen molar-refractivity contribution in [1.29, 1.82) is 0 Å². The topological polar surface area (TPSA) is 80.6 Å². The molecule has 0 saturated carbocycles. The van der Waals surface area contributed by atoms with Gasteiger partial charge < -0.3 is 15.2 Å². The molecule has 4 heterocycles. The van der Waals surface area contributed by atoms with Crippen LogP contribution in [0.15, 0.2) is 36.7 Å². The van der Waals surface area contributed by atoms with Gasteiger partial charge in [-0.1, -0.05) is 19.4 Å². The average Bonchev–Trinajstić information content (AvgIpc) is 3.22. The first-order chi connectivity index (χ1) is 17.3. The molecule has 188 valence electrons. The van der Waals surface area contributed by atoms with Crippen LogP contribution in [0.5, 0.6) is 0 Å². The lowest BCUT2D eigenvalue weighted by atomic mass is 9.89. The Morgan fingerprint density at radius 1 is 1.03 bits per heavy atom. The Balaban J connectivity index is 1.41. The molecule has 7 nitrogen and oxygen atoms in total. The van der Waals surface area contributed by atoms with E-state index in [0.717, 1.165) is 24.7 Å². The molecule has 0 radical (unpaired) electrons. The minimum absolute atomic E-state index is 0.0103. The normalized spacial score (nSPS) is 17.0. The number of pyridine rings is 1. The van der Waals surface area contributed by atoms with Crippen molar-refractivity contribution in [3.63, 3.8) is 0 Å². The summed E-state index contributed by atoms with van der Waals surface area (Å²) in [5.74, 6) is 0.635. The number of imidazole rings is 1. The number of rotatable bonds is 6. The standard InChI is InChI=1S/C27H31F2N7/c1-15(2)36-17(4)33-26-20(28)11-19(12-23(26)36)25-21(29)14-32-27(35-25)34-24-9-8-18(13-31-24)16(3)22-7-5-6-10-30-22/h8-9,11-16,22,30H,5-7,10H2,1-4H3,(H,31,32,34,35)/t16-,22-/m0/s1. The van der Waals surface area contributed by atoms with Crippen molar-refractivity contribution in [2.45, 2.75) is 65.0 Å². The van der Waals surface area contributed by atoms with Gasteiger partial charge in [0.25, 0.3) is 0 Å². The number of fused-ring (bicyclic) bond motifs is 1. The highest BCUT2D eigenvalue weighted by molar-refractivity contribution is 5.83. The lowest BCUT2D eigenvalue weighted by Gasteiger charge is -2.29. The molecule has 0 bridgehead atoms. The Kier molecular flexibility index (Phi) is 6.66. The summed E-state index contributed by atoms with van der Waals surface area (Å²) in [5.41, 5.74) is 2.35. The minimum atomic E-state index is -0.635. The second-order valence-electron chi connectivity index (χ2n) is 9.79. The van der Waals surface area contributed by atoms with Crippen molar-refractivity contribution in [2.24, 2.45) is 0 Å². The molecule has 1 aliphatic heterocycles. The maximum Gasteiger partial charge on any atom is 0.229 e. The number of benzene rings is 1. The molecule has 0 spiro atoms. The van der Waals surface area contributed by atoms with E-state index >= 15 is 0 Å². The molecule has 0 unspecified atom stereocenters. The molecule has 3 aromatic heterocycles. The largest absolute Gasteiger partial charge is 0.326 e. The summed E-state index contributed by atoms with van der Waals surface area (Å²) in [6, 6.07) is 7.43. The van der Waals surface area contributed by atoms with Crippen LogP contribution in [0, 0.1) is 18.6 Å². The van der Waals surface area contributed by atoms with Gasteiger partial charge in [-0.15, -0.1) is 0 Å². The van der Waals surface area contributed by atoms with E-state index in [-0.39, 0.29) is 23.2 Å². The molecule has 1 saturated heterocycles. The third kappa shape index (κ3) is 4.67. The molecule has 2 N–H and O–H groups in total. The number of piperidine rings is 1. The van der Waals surface area contributed by atoms with E-state index < -0.39 is 11.6 Å². The summed E-state index contributed by atoms with van der Waals surface area (Å²) in [4.78, 5) is 17.3. The lowest BCUT2D eigenvalue weighted by molar-refractivity contribution is 0.361. The first kappa shape index (κ1) is 24.2. The van der Waals surface area contributed by atoms with E-state index in [1.807, 2.05) is 43.7 Å². The summed E-state index contributed by atoms with van der Waals surface area (Å²) in [6.07, 6.45) is 6.58. The molecule has 2 atom stereocenters. The fourth-order valence-corrected chi connectivity index (χ4v) is 5.09. The molecule has 0 amide bonds. The summed E-state index contributed by atoms with van der Waals surface area (Å²) >= 11 is 0. The quantitative estimate of drug-likeness (QED) is 0.342. The fourth-order valence-electron chi connectivity index (χ4n) is 5.09. The zero-order valence-electron chi connectivity index (χ0n) is 21.0. The lowest BCUT2D eigenvalue weighted by Crippen LogP contribution is -2.37.